The zero-order valence-corrected chi connectivity index (χ0v) is 14.2. The fraction of sp³-hybridized carbons (Fsp3) is 0.692. The molecule has 1 aromatic rings. The van der Waals surface area contributed by atoms with Crippen LogP contribution < -0.4 is 4.72 Å². The van der Waals surface area contributed by atoms with Crippen LogP contribution in [0.4, 0.5) is 0 Å². The number of methoxy groups -OCH3 is 1. The van der Waals surface area contributed by atoms with E-state index in [1.54, 1.807) is 25.9 Å². The summed E-state index contributed by atoms with van der Waals surface area (Å²) in [7, 11) is -2.10. The van der Waals surface area contributed by atoms with Gasteiger partial charge in [-0.2, -0.15) is 0 Å². The largest absolute Gasteiger partial charge is 0.385 e. The summed E-state index contributed by atoms with van der Waals surface area (Å²) >= 11 is 0. The third-order valence-electron chi connectivity index (χ3n) is 3.13. The molecular formula is C13H23N3O5S. The third-order valence-corrected chi connectivity index (χ3v) is 4.84. The van der Waals surface area contributed by atoms with Gasteiger partial charge in [-0.1, -0.05) is 5.16 Å². The van der Waals surface area contributed by atoms with Gasteiger partial charge in [-0.3, -0.25) is 4.79 Å². The number of sulfonamides is 1. The SMILES string of the molecule is COCCCN(CCNS(=O)(=O)c1c(C)noc1C)C(C)=O. The lowest BCUT2D eigenvalue weighted by atomic mass is 10.4. The van der Waals surface area contributed by atoms with Crippen molar-refractivity contribution in [2.45, 2.75) is 32.1 Å². The normalized spacial score (nSPS) is 11.6. The predicted octanol–water partition coefficient (Wildman–Crippen LogP) is 0.455. The van der Waals surface area contributed by atoms with Crippen LogP contribution in [0.3, 0.4) is 0 Å². The standard InChI is InChI=1S/C13H23N3O5S/c1-10-13(11(2)21-15-10)22(18,19)14-6-8-16(12(3)17)7-5-9-20-4/h14H,5-9H2,1-4H3. The van der Waals surface area contributed by atoms with Crippen molar-refractivity contribution in [2.24, 2.45) is 0 Å². The number of hydrogen-bond donors (Lipinski definition) is 1. The van der Waals surface area contributed by atoms with E-state index in [0.29, 0.717) is 31.8 Å². The Morgan fingerprint density at radius 1 is 1.36 bits per heavy atom. The Balaban J connectivity index is 2.59. The van der Waals surface area contributed by atoms with Gasteiger partial charge < -0.3 is 14.2 Å². The van der Waals surface area contributed by atoms with E-state index in [0.717, 1.165) is 0 Å². The van der Waals surface area contributed by atoms with Gasteiger partial charge in [0.1, 0.15) is 10.6 Å². The van der Waals surface area contributed by atoms with Gasteiger partial charge in [0.25, 0.3) is 0 Å². The number of nitrogens with zero attached hydrogens (tertiary/aromatic N) is 2. The van der Waals surface area contributed by atoms with Crippen LogP contribution in [0.2, 0.25) is 0 Å². The van der Waals surface area contributed by atoms with Crippen molar-refractivity contribution in [1.29, 1.82) is 0 Å². The molecule has 0 fully saturated rings. The first-order valence-electron chi connectivity index (χ1n) is 6.96. The van der Waals surface area contributed by atoms with Gasteiger partial charge >= 0.3 is 0 Å². The Labute approximate surface area is 130 Å². The molecule has 0 aliphatic rings. The summed E-state index contributed by atoms with van der Waals surface area (Å²) in [5.41, 5.74) is 0.313. The van der Waals surface area contributed by atoms with Gasteiger partial charge in [-0.15, -0.1) is 0 Å². The van der Waals surface area contributed by atoms with Crippen molar-refractivity contribution in [2.75, 3.05) is 33.4 Å². The fourth-order valence-corrected chi connectivity index (χ4v) is 3.42. The van der Waals surface area contributed by atoms with Crippen molar-refractivity contribution in [3.05, 3.63) is 11.5 Å². The molecule has 22 heavy (non-hydrogen) atoms. The minimum absolute atomic E-state index is 0.0567. The van der Waals surface area contributed by atoms with Crippen molar-refractivity contribution < 1.29 is 22.5 Å². The first-order valence-corrected chi connectivity index (χ1v) is 8.45. The minimum atomic E-state index is -3.69. The van der Waals surface area contributed by atoms with Crippen molar-refractivity contribution in [3.63, 3.8) is 0 Å². The molecule has 0 spiro atoms. The van der Waals surface area contributed by atoms with E-state index in [-0.39, 0.29) is 23.1 Å². The number of ether oxygens (including phenoxy) is 1. The predicted molar refractivity (Wildman–Crippen MR) is 79.9 cm³/mol. The fourth-order valence-electron chi connectivity index (χ4n) is 2.07. The van der Waals surface area contributed by atoms with Crippen molar-refractivity contribution >= 4 is 15.9 Å². The molecule has 0 radical (unpaired) electrons. The van der Waals surface area contributed by atoms with Gasteiger partial charge in [-0.05, 0) is 20.3 Å². The van der Waals surface area contributed by atoms with E-state index in [4.69, 9.17) is 9.26 Å². The average Bonchev–Trinajstić information content (AvgIpc) is 2.77. The van der Waals surface area contributed by atoms with Gasteiger partial charge in [0.15, 0.2) is 5.76 Å². The maximum atomic E-state index is 12.2. The summed E-state index contributed by atoms with van der Waals surface area (Å²) in [6, 6.07) is 0. The van der Waals surface area contributed by atoms with Crippen LogP contribution in [-0.4, -0.2) is 57.7 Å². The number of hydrogen-bond acceptors (Lipinski definition) is 6. The highest BCUT2D eigenvalue weighted by Gasteiger charge is 2.23. The van der Waals surface area contributed by atoms with Crippen LogP contribution in [0.25, 0.3) is 0 Å². The Bertz CT molecular complexity index is 577. The summed E-state index contributed by atoms with van der Waals surface area (Å²) < 4.78 is 36.7. The zero-order valence-electron chi connectivity index (χ0n) is 13.4. The molecule has 8 nitrogen and oxygen atoms in total. The Morgan fingerprint density at radius 2 is 2.05 bits per heavy atom. The third kappa shape index (κ3) is 5.08. The highest BCUT2D eigenvalue weighted by atomic mass is 32.2. The molecule has 1 amide bonds. The van der Waals surface area contributed by atoms with E-state index >= 15 is 0 Å². The molecule has 126 valence electrons. The molecular weight excluding hydrogens is 310 g/mol. The topological polar surface area (TPSA) is 102 Å². The number of nitrogens with one attached hydrogen (secondary N) is 1. The summed E-state index contributed by atoms with van der Waals surface area (Å²) in [6.45, 7) is 6.06. The summed E-state index contributed by atoms with van der Waals surface area (Å²) in [5, 5.41) is 3.63. The molecule has 0 unspecified atom stereocenters. The van der Waals surface area contributed by atoms with Gasteiger partial charge in [0.05, 0.1) is 0 Å². The van der Waals surface area contributed by atoms with Crippen molar-refractivity contribution in [3.8, 4) is 0 Å². The first kappa shape index (κ1) is 18.6. The highest BCUT2D eigenvalue weighted by molar-refractivity contribution is 7.89. The summed E-state index contributed by atoms with van der Waals surface area (Å²) in [4.78, 5) is 13.1. The smallest absolute Gasteiger partial charge is 0.246 e. The second-order valence-corrected chi connectivity index (χ2v) is 6.61. The highest BCUT2D eigenvalue weighted by Crippen LogP contribution is 2.18. The van der Waals surface area contributed by atoms with Crippen LogP contribution in [0.5, 0.6) is 0 Å². The van der Waals surface area contributed by atoms with E-state index in [2.05, 4.69) is 9.88 Å². The molecule has 1 aromatic heterocycles. The lowest BCUT2D eigenvalue weighted by Crippen LogP contribution is -2.38. The molecule has 0 bridgehead atoms. The van der Waals surface area contributed by atoms with E-state index in [9.17, 15) is 13.2 Å². The molecule has 0 saturated heterocycles. The first-order chi connectivity index (χ1) is 10.3. The molecule has 0 aliphatic carbocycles. The summed E-state index contributed by atoms with van der Waals surface area (Å²) in [6.07, 6.45) is 0.701. The molecule has 0 aliphatic heterocycles. The van der Waals surface area contributed by atoms with Crippen LogP contribution in [0.15, 0.2) is 9.42 Å². The Kier molecular flexibility index (Phi) is 6.98. The monoisotopic (exact) mass is 333 g/mol. The average molecular weight is 333 g/mol. The lowest BCUT2D eigenvalue weighted by molar-refractivity contribution is -0.128. The van der Waals surface area contributed by atoms with Gasteiger partial charge in [-0.25, -0.2) is 13.1 Å². The van der Waals surface area contributed by atoms with Gasteiger partial charge in [0.2, 0.25) is 15.9 Å². The number of carbonyl (C=O) groups excluding carboxylic acids is 1. The molecule has 0 saturated carbocycles. The Hall–Kier alpha value is -1.45. The van der Waals surface area contributed by atoms with Crippen LogP contribution in [0.1, 0.15) is 24.8 Å². The number of aromatic nitrogens is 1. The van der Waals surface area contributed by atoms with Crippen LogP contribution >= 0.6 is 0 Å². The molecule has 1 rings (SSSR count). The molecule has 1 heterocycles. The second-order valence-electron chi connectivity index (χ2n) is 4.90. The zero-order chi connectivity index (χ0) is 16.8. The molecule has 1 N–H and O–H groups in total. The van der Waals surface area contributed by atoms with Crippen molar-refractivity contribution in [1.82, 2.24) is 14.8 Å². The number of rotatable bonds is 9. The molecule has 9 heteroatoms. The summed E-state index contributed by atoms with van der Waals surface area (Å²) in [5.74, 6) is 0.140. The number of amides is 1. The quantitative estimate of drug-likeness (QED) is 0.659. The lowest BCUT2D eigenvalue weighted by Gasteiger charge is -2.21. The number of aryl methyl sites for hydroxylation is 2. The van der Waals surface area contributed by atoms with E-state index in [1.807, 2.05) is 0 Å². The van der Waals surface area contributed by atoms with Gasteiger partial charge in [0, 0.05) is 40.3 Å². The van der Waals surface area contributed by atoms with E-state index in [1.165, 1.54) is 6.92 Å². The minimum Gasteiger partial charge on any atom is -0.385 e. The second kappa shape index (κ2) is 8.25. The molecule has 0 atom stereocenters. The maximum absolute atomic E-state index is 12.2. The van der Waals surface area contributed by atoms with Crippen LogP contribution in [0, 0.1) is 13.8 Å². The number of carbonyl (C=O) groups is 1. The molecule has 0 aromatic carbocycles. The Morgan fingerprint density at radius 3 is 2.55 bits per heavy atom. The van der Waals surface area contributed by atoms with Crippen LogP contribution in [-0.2, 0) is 19.6 Å². The van der Waals surface area contributed by atoms with E-state index < -0.39 is 10.0 Å². The maximum Gasteiger partial charge on any atom is 0.246 e.